The predicted molar refractivity (Wildman–Crippen MR) is 74.7 cm³/mol. The average molecular weight is 267 g/mol. The van der Waals surface area contributed by atoms with Crippen LogP contribution in [0.3, 0.4) is 0 Å². The molecule has 0 saturated heterocycles. The van der Waals surface area contributed by atoms with Crippen LogP contribution in [0.1, 0.15) is 50.0 Å². The summed E-state index contributed by atoms with van der Waals surface area (Å²) in [6, 6.07) is 0.341. The summed E-state index contributed by atoms with van der Waals surface area (Å²) in [5, 5.41) is 2.19. The van der Waals surface area contributed by atoms with Gasteiger partial charge in [-0.15, -0.1) is 11.3 Å². The van der Waals surface area contributed by atoms with Crippen LogP contribution in [0.5, 0.6) is 0 Å². The maximum atomic E-state index is 12.2. The summed E-state index contributed by atoms with van der Waals surface area (Å²) in [4.78, 5) is 18.1. The topological polar surface area (TPSA) is 59.2 Å². The molecular formula is C13H21N3OS. The molecule has 1 saturated carbocycles. The Kier molecular flexibility index (Phi) is 3.61. The van der Waals surface area contributed by atoms with Crippen molar-refractivity contribution >= 4 is 22.4 Å². The van der Waals surface area contributed by atoms with Gasteiger partial charge in [-0.3, -0.25) is 4.79 Å². The standard InChI is InChI=1S/C13H21N3OS/c1-13(2)6-4-9(5-7-13)16(3)11(17)10-8-18-12(14)15-10/h8-9H,4-7H2,1-3H3,(H2,14,15). The maximum Gasteiger partial charge on any atom is 0.273 e. The molecule has 0 radical (unpaired) electrons. The number of thiazole rings is 1. The molecule has 1 aromatic heterocycles. The summed E-state index contributed by atoms with van der Waals surface area (Å²) in [7, 11) is 1.88. The molecule has 0 unspecified atom stereocenters. The van der Waals surface area contributed by atoms with E-state index in [-0.39, 0.29) is 5.91 Å². The van der Waals surface area contributed by atoms with Crippen LogP contribution in [0.25, 0.3) is 0 Å². The van der Waals surface area contributed by atoms with Crippen LogP contribution in [-0.2, 0) is 0 Å². The first-order valence-corrected chi connectivity index (χ1v) is 7.25. The van der Waals surface area contributed by atoms with E-state index in [2.05, 4.69) is 18.8 Å². The van der Waals surface area contributed by atoms with Crippen molar-refractivity contribution in [3.63, 3.8) is 0 Å². The van der Waals surface area contributed by atoms with E-state index in [9.17, 15) is 4.79 Å². The third-order valence-electron chi connectivity index (χ3n) is 3.92. The first-order valence-electron chi connectivity index (χ1n) is 6.37. The molecule has 1 aliphatic rings. The van der Waals surface area contributed by atoms with E-state index in [1.54, 1.807) is 5.38 Å². The Morgan fingerprint density at radius 1 is 1.50 bits per heavy atom. The lowest BCUT2D eigenvalue weighted by Gasteiger charge is -2.38. The Bertz CT molecular complexity index is 431. The van der Waals surface area contributed by atoms with E-state index in [0.717, 1.165) is 12.8 Å². The van der Waals surface area contributed by atoms with E-state index in [4.69, 9.17) is 5.73 Å². The lowest BCUT2D eigenvalue weighted by atomic mass is 9.75. The lowest BCUT2D eigenvalue weighted by Crippen LogP contribution is -2.41. The van der Waals surface area contributed by atoms with Gasteiger partial charge in [-0.25, -0.2) is 4.98 Å². The molecule has 100 valence electrons. The molecule has 18 heavy (non-hydrogen) atoms. The second kappa shape index (κ2) is 4.88. The molecular weight excluding hydrogens is 246 g/mol. The highest BCUT2D eigenvalue weighted by atomic mass is 32.1. The number of aromatic nitrogens is 1. The van der Waals surface area contributed by atoms with Gasteiger partial charge in [0.2, 0.25) is 0 Å². The van der Waals surface area contributed by atoms with Crippen LogP contribution in [0.15, 0.2) is 5.38 Å². The van der Waals surface area contributed by atoms with Gasteiger partial charge in [0.05, 0.1) is 0 Å². The fraction of sp³-hybridized carbons (Fsp3) is 0.692. The highest BCUT2D eigenvalue weighted by Crippen LogP contribution is 2.36. The fourth-order valence-corrected chi connectivity index (χ4v) is 3.04. The van der Waals surface area contributed by atoms with Crippen molar-refractivity contribution < 1.29 is 4.79 Å². The number of rotatable bonds is 2. The minimum atomic E-state index is -0.00680. The molecule has 5 heteroatoms. The van der Waals surface area contributed by atoms with Crippen molar-refractivity contribution in [3.05, 3.63) is 11.1 Å². The van der Waals surface area contributed by atoms with Crippen LogP contribution in [0.2, 0.25) is 0 Å². The Hall–Kier alpha value is -1.10. The molecule has 0 atom stereocenters. The zero-order valence-corrected chi connectivity index (χ0v) is 12.1. The molecule has 1 aromatic rings. The number of nitrogens with zero attached hydrogens (tertiary/aromatic N) is 2. The van der Waals surface area contributed by atoms with Gasteiger partial charge in [-0.05, 0) is 31.1 Å². The maximum absolute atomic E-state index is 12.2. The number of amides is 1. The Labute approximate surface area is 112 Å². The van der Waals surface area contributed by atoms with Crippen LogP contribution in [0.4, 0.5) is 5.13 Å². The smallest absolute Gasteiger partial charge is 0.273 e. The van der Waals surface area contributed by atoms with Crippen LogP contribution in [0, 0.1) is 5.41 Å². The average Bonchev–Trinajstić information content (AvgIpc) is 2.74. The van der Waals surface area contributed by atoms with Gasteiger partial charge < -0.3 is 10.6 Å². The molecule has 0 spiro atoms. The fourth-order valence-electron chi connectivity index (χ4n) is 2.50. The van der Waals surface area contributed by atoms with E-state index in [1.165, 1.54) is 24.2 Å². The van der Waals surface area contributed by atoms with Gasteiger partial charge >= 0.3 is 0 Å². The summed E-state index contributed by atoms with van der Waals surface area (Å²) in [6.45, 7) is 4.60. The summed E-state index contributed by atoms with van der Waals surface area (Å²) >= 11 is 1.32. The van der Waals surface area contributed by atoms with Gasteiger partial charge in [-0.1, -0.05) is 13.8 Å². The molecule has 0 bridgehead atoms. The summed E-state index contributed by atoms with van der Waals surface area (Å²) in [5.74, 6) is -0.00680. The number of nitrogens with two attached hydrogens (primary N) is 1. The third kappa shape index (κ3) is 2.83. The first kappa shape index (κ1) is 13.3. The number of nitrogen functional groups attached to an aromatic ring is 1. The van der Waals surface area contributed by atoms with Crippen LogP contribution in [-0.4, -0.2) is 28.9 Å². The molecule has 1 amide bonds. The number of hydrogen-bond donors (Lipinski definition) is 1. The molecule has 1 heterocycles. The second-order valence-corrected chi connectivity index (χ2v) is 6.77. The van der Waals surface area contributed by atoms with Gasteiger partial charge in [0.15, 0.2) is 5.13 Å². The van der Waals surface area contributed by atoms with Crippen molar-refractivity contribution in [2.24, 2.45) is 5.41 Å². The first-order chi connectivity index (χ1) is 8.39. The zero-order valence-electron chi connectivity index (χ0n) is 11.3. The monoisotopic (exact) mass is 267 g/mol. The second-order valence-electron chi connectivity index (χ2n) is 5.88. The molecule has 0 aliphatic heterocycles. The number of hydrogen-bond acceptors (Lipinski definition) is 4. The minimum absolute atomic E-state index is 0.00680. The molecule has 1 aliphatic carbocycles. The van der Waals surface area contributed by atoms with Crippen LogP contribution < -0.4 is 5.73 Å². The van der Waals surface area contributed by atoms with E-state index < -0.39 is 0 Å². The summed E-state index contributed by atoms with van der Waals surface area (Å²) in [6.07, 6.45) is 4.51. The van der Waals surface area contributed by atoms with Crippen molar-refractivity contribution in [2.45, 2.75) is 45.6 Å². The van der Waals surface area contributed by atoms with Crippen LogP contribution >= 0.6 is 11.3 Å². The lowest BCUT2D eigenvalue weighted by molar-refractivity contribution is 0.0630. The molecule has 2 N–H and O–H groups in total. The van der Waals surface area contributed by atoms with Gasteiger partial charge in [-0.2, -0.15) is 0 Å². The Morgan fingerprint density at radius 3 is 2.61 bits per heavy atom. The minimum Gasteiger partial charge on any atom is -0.375 e. The summed E-state index contributed by atoms with van der Waals surface area (Å²) in [5.41, 5.74) is 6.47. The largest absolute Gasteiger partial charge is 0.375 e. The SMILES string of the molecule is CN(C(=O)c1csc(N)n1)C1CCC(C)(C)CC1. The molecule has 4 nitrogen and oxygen atoms in total. The predicted octanol–water partition coefficient (Wildman–Crippen LogP) is 2.77. The van der Waals surface area contributed by atoms with E-state index in [1.807, 2.05) is 11.9 Å². The zero-order chi connectivity index (χ0) is 13.3. The normalized spacial score (nSPS) is 19.7. The third-order valence-corrected chi connectivity index (χ3v) is 4.59. The molecule has 1 fully saturated rings. The van der Waals surface area contributed by atoms with Crippen molar-refractivity contribution in [1.82, 2.24) is 9.88 Å². The van der Waals surface area contributed by atoms with E-state index >= 15 is 0 Å². The summed E-state index contributed by atoms with van der Waals surface area (Å²) < 4.78 is 0. The molecule has 2 rings (SSSR count). The van der Waals surface area contributed by atoms with Crippen molar-refractivity contribution in [2.75, 3.05) is 12.8 Å². The quantitative estimate of drug-likeness (QED) is 0.896. The van der Waals surface area contributed by atoms with Gasteiger partial charge in [0.25, 0.3) is 5.91 Å². The Balaban J connectivity index is 2.00. The molecule has 0 aromatic carbocycles. The highest BCUT2D eigenvalue weighted by Gasteiger charge is 2.31. The highest BCUT2D eigenvalue weighted by molar-refractivity contribution is 7.13. The van der Waals surface area contributed by atoms with Crippen molar-refractivity contribution in [1.29, 1.82) is 0 Å². The van der Waals surface area contributed by atoms with Crippen molar-refractivity contribution in [3.8, 4) is 0 Å². The van der Waals surface area contributed by atoms with Gasteiger partial charge in [0.1, 0.15) is 5.69 Å². The van der Waals surface area contributed by atoms with Gasteiger partial charge in [0, 0.05) is 18.5 Å². The number of carbonyl (C=O) groups excluding carboxylic acids is 1. The Morgan fingerprint density at radius 2 is 2.11 bits per heavy atom. The number of anilines is 1. The van der Waals surface area contributed by atoms with E-state index in [0.29, 0.717) is 22.3 Å². The number of carbonyl (C=O) groups is 1.